The maximum atomic E-state index is 13.0. The summed E-state index contributed by atoms with van der Waals surface area (Å²) in [6, 6.07) is 13.7. The van der Waals surface area contributed by atoms with Gasteiger partial charge in [-0.25, -0.2) is 4.98 Å². The summed E-state index contributed by atoms with van der Waals surface area (Å²) in [6.07, 6.45) is 6.50. The van der Waals surface area contributed by atoms with Gasteiger partial charge in [0.05, 0.1) is 0 Å². The summed E-state index contributed by atoms with van der Waals surface area (Å²) in [7, 11) is 0. The van der Waals surface area contributed by atoms with Crippen LogP contribution in [0.25, 0.3) is 5.82 Å². The number of rotatable bonds is 6. The molecule has 8 nitrogen and oxygen atoms in total. The van der Waals surface area contributed by atoms with Crippen LogP contribution in [0.4, 0.5) is 0 Å². The largest absolute Gasteiger partial charge is 0.396 e. The van der Waals surface area contributed by atoms with Crippen LogP contribution in [0, 0.1) is 5.41 Å². The summed E-state index contributed by atoms with van der Waals surface area (Å²) in [5.74, 6) is 0.474. The number of likely N-dealkylation sites (tertiary alicyclic amines) is 1. The molecule has 0 atom stereocenters. The van der Waals surface area contributed by atoms with Gasteiger partial charge in [0.15, 0.2) is 5.82 Å². The van der Waals surface area contributed by atoms with Gasteiger partial charge < -0.3 is 10.0 Å². The van der Waals surface area contributed by atoms with Gasteiger partial charge in [0.25, 0.3) is 5.91 Å². The number of tetrazole rings is 1. The van der Waals surface area contributed by atoms with E-state index in [2.05, 4.69) is 32.6 Å². The van der Waals surface area contributed by atoms with Gasteiger partial charge in [0, 0.05) is 31.5 Å². The molecule has 0 aliphatic carbocycles. The molecule has 2 aromatic heterocycles. The molecule has 1 amide bonds. The molecule has 0 unspecified atom stereocenters. The fourth-order valence-electron chi connectivity index (χ4n) is 3.85. The zero-order valence-electron chi connectivity index (χ0n) is 16.2. The van der Waals surface area contributed by atoms with E-state index in [1.165, 1.54) is 16.6 Å². The summed E-state index contributed by atoms with van der Waals surface area (Å²) in [5.41, 5.74) is 1.72. The summed E-state index contributed by atoms with van der Waals surface area (Å²) in [6.45, 7) is 1.42. The fourth-order valence-corrected chi connectivity index (χ4v) is 3.85. The summed E-state index contributed by atoms with van der Waals surface area (Å²) < 4.78 is 1.42. The van der Waals surface area contributed by atoms with Crippen LogP contribution in [0.3, 0.4) is 0 Å². The van der Waals surface area contributed by atoms with E-state index in [1.54, 1.807) is 18.3 Å². The molecule has 1 aliphatic rings. The SMILES string of the molecule is O=C(c1ccnc(-n2cnnn2)c1)N1CCC(CO)(CCc2ccccc2)CC1. The van der Waals surface area contributed by atoms with Gasteiger partial charge in [0.2, 0.25) is 0 Å². The lowest BCUT2D eigenvalue weighted by Crippen LogP contribution is -2.45. The fraction of sp³-hybridized carbons (Fsp3) is 0.381. The van der Waals surface area contributed by atoms with Crippen molar-refractivity contribution in [1.29, 1.82) is 0 Å². The topological polar surface area (TPSA) is 97.0 Å². The Bertz CT molecular complexity index is 937. The number of aromatic nitrogens is 5. The first-order chi connectivity index (χ1) is 14.2. The van der Waals surface area contributed by atoms with Gasteiger partial charge in [-0.3, -0.25) is 4.79 Å². The second-order valence-electron chi connectivity index (χ2n) is 7.59. The normalized spacial score (nSPS) is 16.0. The Kier molecular flexibility index (Phi) is 5.62. The van der Waals surface area contributed by atoms with Gasteiger partial charge in [-0.05, 0) is 59.2 Å². The molecule has 3 aromatic rings. The third kappa shape index (κ3) is 4.32. The van der Waals surface area contributed by atoms with E-state index >= 15 is 0 Å². The predicted molar refractivity (Wildman–Crippen MR) is 106 cm³/mol. The van der Waals surface area contributed by atoms with Gasteiger partial charge >= 0.3 is 0 Å². The quantitative estimate of drug-likeness (QED) is 0.688. The van der Waals surface area contributed by atoms with Crippen LogP contribution < -0.4 is 0 Å². The van der Waals surface area contributed by atoms with Crippen LogP contribution in [-0.2, 0) is 6.42 Å². The summed E-state index contributed by atoms with van der Waals surface area (Å²) in [5, 5.41) is 21.1. The van der Waals surface area contributed by atoms with Crippen LogP contribution >= 0.6 is 0 Å². The minimum Gasteiger partial charge on any atom is -0.396 e. The maximum Gasteiger partial charge on any atom is 0.254 e. The highest BCUT2D eigenvalue weighted by atomic mass is 16.3. The Morgan fingerprint density at radius 2 is 1.93 bits per heavy atom. The Morgan fingerprint density at radius 3 is 2.62 bits per heavy atom. The number of piperidine rings is 1. The molecule has 1 fully saturated rings. The second-order valence-corrected chi connectivity index (χ2v) is 7.59. The standard InChI is InChI=1S/C21H24N6O2/c28-15-21(8-6-17-4-2-1-3-5-17)9-12-26(13-10-21)20(29)18-7-11-22-19(14-18)27-16-23-24-25-27/h1-5,7,11,14,16,28H,6,8-10,12-13,15H2. The smallest absolute Gasteiger partial charge is 0.254 e. The van der Waals surface area contributed by atoms with Gasteiger partial charge in [-0.15, -0.1) is 5.10 Å². The molecule has 150 valence electrons. The number of aliphatic hydroxyl groups excluding tert-OH is 1. The average Bonchev–Trinajstić information content (AvgIpc) is 3.33. The first-order valence-electron chi connectivity index (χ1n) is 9.83. The zero-order chi connectivity index (χ0) is 20.1. The number of hydrogen-bond donors (Lipinski definition) is 1. The number of nitrogens with zero attached hydrogens (tertiary/aromatic N) is 6. The minimum absolute atomic E-state index is 0.0312. The first-order valence-corrected chi connectivity index (χ1v) is 9.83. The van der Waals surface area contributed by atoms with Crippen LogP contribution in [0.15, 0.2) is 55.0 Å². The van der Waals surface area contributed by atoms with Crippen molar-refractivity contribution in [2.45, 2.75) is 25.7 Å². The lowest BCUT2D eigenvalue weighted by molar-refractivity contribution is 0.0314. The molecule has 0 spiro atoms. The molecule has 8 heteroatoms. The summed E-state index contributed by atoms with van der Waals surface area (Å²) in [4.78, 5) is 19.0. The molecule has 4 rings (SSSR count). The molecule has 1 saturated heterocycles. The van der Waals surface area contributed by atoms with Crippen LogP contribution in [-0.4, -0.2) is 60.8 Å². The van der Waals surface area contributed by atoms with E-state index in [1.807, 2.05) is 23.1 Å². The van der Waals surface area contributed by atoms with Crippen molar-refractivity contribution in [3.63, 3.8) is 0 Å². The molecule has 1 aromatic carbocycles. The van der Waals surface area contributed by atoms with Gasteiger partial charge in [0.1, 0.15) is 6.33 Å². The number of hydrogen-bond acceptors (Lipinski definition) is 6. The van der Waals surface area contributed by atoms with Crippen molar-refractivity contribution in [2.24, 2.45) is 5.41 Å². The van der Waals surface area contributed by atoms with E-state index in [4.69, 9.17) is 0 Å². The molecule has 1 N–H and O–H groups in total. The molecular formula is C21H24N6O2. The Labute approximate surface area is 169 Å². The van der Waals surface area contributed by atoms with Crippen molar-refractivity contribution >= 4 is 5.91 Å². The van der Waals surface area contributed by atoms with Crippen molar-refractivity contribution < 1.29 is 9.90 Å². The average molecular weight is 392 g/mol. The number of amides is 1. The van der Waals surface area contributed by atoms with E-state index < -0.39 is 0 Å². The van der Waals surface area contributed by atoms with E-state index in [0.717, 1.165) is 25.7 Å². The molecule has 29 heavy (non-hydrogen) atoms. The van der Waals surface area contributed by atoms with Crippen molar-refractivity contribution in [1.82, 2.24) is 30.1 Å². The minimum atomic E-state index is -0.123. The number of carbonyl (C=O) groups excluding carboxylic acids is 1. The molecule has 0 saturated carbocycles. The third-order valence-corrected chi connectivity index (χ3v) is 5.81. The molecule has 0 bridgehead atoms. The number of benzene rings is 1. The maximum absolute atomic E-state index is 13.0. The molecule has 1 aliphatic heterocycles. The van der Waals surface area contributed by atoms with Crippen molar-refractivity contribution in [3.05, 3.63) is 66.1 Å². The highest BCUT2D eigenvalue weighted by molar-refractivity contribution is 5.94. The number of carbonyl (C=O) groups is 1. The predicted octanol–water partition coefficient (Wildman–Crippen LogP) is 1.90. The number of aliphatic hydroxyl groups is 1. The number of pyridine rings is 1. The summed E-state index contributed by atoms with van der Waals surface area (Å²) >= 11 is 0. The Morgan fingerprint density at radius 1 is 1.14 bits per heavy atom. The van der Waals surface area contributed by atoms with Crippen molar-refractivity contribution in [3.8, 4) is 5.82 Å². The van der Waals surface area contributed by atoms with E-state index in [9.17, 15) is 9.90 Å². The zero-order valence-corrected chi connectivity index (χ0v) is 16.2. The van der Waals surface area contributed by atoms with Crippen LogP contribution in [0.5, 0.6) is 0 Å². The first kappa shape index (κ1) is 19.2. The third-order valence-electron chi connectivity index (χ3n) is 5.81. The lowest BCUT2D eigenvalue weighted by Gasteiger charge is -2.41. The highest BCUT2D eigenvalue weighted by Gasteiger charge is 2.35. The van der Waals surface area contributed by atoms with Crippen molar-refractivity contribution in [2.75, 3.05) is 19.7 Å². The van der Waals surface area contributed by atoms with Gasteiger partial charge in [-0.1, -0.05) is 30.3 Å². The van der Waals surface area contributed by atoms with Crippen LogP contribution in [0.1, 0.15) is 35.2 Å². The Balaban J connectivity index is 1.39. The monoisotopic (exact) mass is 392 g/mol. The van der Waals surface area contributed by atoms with Crippen LogP contribution in [0.2, 0.25) is 0 Å². The molecule has 0 radical (unpaired) electrons. The highest BCUT2D eigenvalue weighted by Crippen LogP contribution is 2.36. The Hall–Kier alpha value is -3.13. The molecule has 3 heterocycles. The second kappa shape index (κ2) is 8.48. The van der Waals surface area contributed by atoms with E-state index in [-0.39, 0.29) is 17.9 Å². The lowest BCUT2D eigenvalue weighted by atomic mass is 9.74. The van der Waals surface area contributed by atoms with Gasteiger partial charge in [-0.2, -0.15) is 4.68 Å². The molecular weight excluding hydrogens is 368 g/mol. The van der Waals surface area contributed by atoms with E-state index in [0.29, 0.717) is 24.5 Å². The number of aryl methyl sites for hydroxylation is 1.